The molecule has 0 bridgehead atoms. The molecule has 1 saturated heterocycles. The van der Waals surface area contributed by atoms with Crippen LogP contribution in [0.2, 0.25) is 0 Å². The maximum absolute atomic E-state index is 11.4. The van der Waals surface area contributed by atoms with Gasteiger partial charge in [-0.05, 0) is 19.0 Å². The maximum Gasteiger partial charge on any atom is 0.222 e. The van der Waals surface area contributed by atoms with Crippen LogP contribution in [0.4, 0.5) is 0 Å². The standard InChI is InChI=1S/C9H19N3O/c1-12(2)9(13)5-8-6-10-3-4-11-7-8/h8,10-11H,3-7H2,1-2H3. The zero-order valence-corrected chi connectivity index (χ0v) is 8.47. The summed E-state index contributed by atoms with van der Waals surface area (Å²) in [5.74, 6) is 0.660. The number of amides is 1. The third-order valence-electron chi connectivity index (χ3n) is 2.31. The molecule has 0 unspecified atom stereocenters. The van der Waals surface area contributed by atoms with Crippen LogP contribution < -0.4 is 10.6 Å². The van der Waals surface area contributed by atoms with Gasteiger partial charge in [-0.1, -0.05) is 0 Å². The number of rotatable bonds is 2. The lowest BCUT2D eigenvalue weighted by molar-refractivity contribution is -0.129. The van der Waals surface area contributed by atoms with Gasteiger partial charge in [0.25, 0.3) is 0 Å². The van der Waals surface area contributed by atoms with Crippen molar-refractivity contribution in [3.05, 3.63) is 0 Å². The van der Waals surface area contributed by atoms with E-state index in [0.717, 1.165) is 26.2 Å². The highest BCUT2D eigenvalue weighted by atomic mass is 16.2. The van der Waals surface area contributed by atoms with E-state index in [1.807, 2.05) is 0 Å². The summed E-state index contributed by atoms with van der Waals surface area (Å²) in [6.45, 7) is 3.92. The monoisotopic (exact) mass is 185 g/mol. The highest BCUT2D eigenvalue weighted by Gasteiger charge is 2.16. The van der Waals surface area contributed by atoms with Gasteiger partial charge in [-0.15, -0.1) is 0 Å². The molecule has 0 aromatic rings. The van der Waals surface area contributed by atoms with Crippen molar-refractivity contribution in [2.45, 2.75) is 6.42 Å². The van der Waals surface area contributed by atoms with E-state index in [1.165, 1.54) is 0 Å². The SMILES string of the molecule is CN(C)C(=O)CC1CNCCNC1. The topological polar surface area (TPSA) is 44.4 Å². The second-order valence-corrected chi connectivity index (χ2v) is 3.77. The van der Waals surface area contributed by atoms with Gasteiger partial charge in [-0.2, -0.15) is 0 Å². The Hall–Kier alpha value is -0.610. The van der Waals surface area contributed by atoms with Crippen molar-refractivity contribution in [1.29, 1.82) is 0 Å². The molecule has 1 fully saturated rings. The molecule has 1 amide bonds. The molecule has 1 heterocycles. The lowest BCUT2D eigenvalue weighted by Gasteiger charge is -2.16. The zero-order chi connectivity index (χ0) is 9.68. The summed E-state index contributed by atoms with van der Waals surface area (Å²) in [5, 5.41) is 6.62. The predicted molar refractivity (Wildman–Crippen MR) is 52.5 cm³/mol. The molecule has 4 heteroatoms. The number of carbonyl (C=O) groups is 1. The number of nitrogens with zero attached hydrogens (tertiary/aromatic N) is 1. The lowest BCUT2D eigenvalue weighted by Crippen LogP contribution is -2.31. The minimum Gasteiger partial charge on any atom is -0.349 e. The van der Waals surface area contributed by atoms with E-state index in [-0.39, 0.29) is 5.91 Å². The van der Waals surface area contributed by atoms with Crippen molar-refractivity contribution < 1.29 is 4.79 Å². The Bertz CT molecular complexity index is 162. The van der Waals surface area contributed by atoms with E-state index in [1.54, 1.807) is 19.0 Å². The van der Waals surface area contributed by atoms with Crippen molar-refractivity contribution in [1.82, 2.24) is 15.5 Å². The molecule has 2 N–H and O–H groups in total. The van der Waals surface area contributed by atoms with E-state index in [9.17, 15) is 4.79 Å². The first-order valence-corrected chi connectivity index (χ1v) is 4.81. The molecule has 4 nitrogen and oxygen atoms in total. The van der Waals surface area contributed by atoms with Gasteiger partial charge in [-0.25, -0.2) is 0 Å². The molecule has 1 rings (SSSR count). The van der Waals surface area contributed by atoms with Crippen LogP contribution in [0.3, 0.4) is 0 Å². The highest BCUT2D eigenvalue weighted by Crippen LogP contribution is 2.03. The fourth-order valence-corrected chi connectivity index (χ4v) is 1.44. The highest BCUT2D eigenvalue weighted by molar-refractivity contribution is 5.75. The molecule has 76 valence electrons. The van der Waals surface area contributed by atoms with E-state index in [0.29, 0.717) is 12.3 Å². The summed E-state index contributed by atoms with van der Waals surface area (Å²) in [5.41, 5.74) is 0. The van der Waals surface area contributed by atoms with Crippen LogP contribution in [0.5, 0.6) is 0 Å². The van der Waals surface area contributed by atoms with Gasteiger partial charge in [0.05, 0.1) is 0 Å². The quantitative estimate of drug-likeness (QED) is 0.596. The Kier molecular flexibility index (Phi) is 4.18. The van der Waals surface area contributed by atoms with Crippen LogP contribution in [-0.4, -0.2) is 51.1 Å². The fourth-order valence-electron chi connectivity index (χ4n) is 1.44. The summed E-state index contributed by atoms with van der Waals surface area (Å²) in [7, 11) is 3.61. The van der Waals surface area contributed by atoms with Crippen LogP contribution in [0.15, 0.2) is 0 Å². The van der Waals surface area contributed by atoms with Gasteiger partial charge >= 0.3 is 0 Å². The molecular formula is C9H19N3O. The van der Waals surface area contributed by atoms with E-state index < -0.39 is 0 Å². The summed E-state index contributed by atoms with van der Waals surface area (Å²) in [6, 6.07) is 0. The molecule has 0 atom stereocenters. The minimum atomic E-state index is 0.218. The fraction of sp³-hybridized carbons (Fsp3) is 0.889. The number of carbonyl (C=O) groups excluding carboxylic acids is 1. The largest absolute Gasteiger partial charge is 0.349 e. The first kappa shape index (κ1) is 10.5. The van der Waals surface area contributed by atoms with Crippen LogP contribution in [0.25, 0.3) is 0 Å². The average Bonchev–Trinajstić information content (AvgIpc) is 2.32. The summed E-state index contributed by atoms with van der Waals surface area (Å²) < 4.78 is 0. The Morgan fingerprint density at radius 3 is 2.31 bits per heavy atom. The first-order chi connectivity index (χ1) is 6.20. The molecule has 0 saturated carbocycles. The molecule has 1 aliphatic heterocycles. The van der Waals surface area contributed by atoms with Crippen molar-refractivity contribution in [3.8, 4) is 0 Å². The Morgan fingerprint density at radius 1 is 1.31 bits per heavy atom. The number of hydrogen-bond acceptors (Lipinski definition) is 3. The third kappa shape index (κ3) is 3.74. The minimum absolute atomic E-state index is 0.218. The van der Waals surface area contributed by atoms with Crippen molar-refractivity contribution >= 4 is 5.91 Å². The Morgan fingerprint density at radius 2 is 1.85 bits per heavy atom. The predicted octanol–water partition coefficient (Wildman–Crippen LogP) is -0.726. The van der Waals surface area contributed by atoms with Crippen LogP contribution in [-0.2, 0) is 4.79 Å². The molecule has 13 heavy (non-hydrogen) atoms. The summed E-state index contributed by atoms with van der Waals surface area (Å²) >= 11 is 0. The van der Waals surface area contributed by atoms with Gasteiger partial charge in [0.15, 0.2) is 0 Å². The van der Waals surface area contributed by atoms with Gasteiger partial charge in [-0.3, -0.25) is 4.79 Å². The second-order valence-electron chi connectivity index (χ2n) is 3.77. The maximum atomic E-state index is 11.4. The van der Waals surface area contributed by atoms with Crippen molar-refractivity contribution in [2.24, 2.45) is 5.92 Å². The molecule has 0 aliphatic carbocycles. The summed E-state index contributed by atoms with van der Waals surface area (Å²) in [4.78, 5) is 13.1. The molecule has 0 spiro atoms. The summed E-state index contributed by atoms with van der Waals surface area (Å²) in [6.07, 6.45) is 0.646. The number of nitrogens with one attached hydrogen (secondary N) is 2. The van der Waals surface area contributed by atoms with Crippen LogP contribution in [0, 0.1) is 5.92 Å². The lowest BCUT2D eigenvalue weighted by atomic mass is 10.1. The molecule has 1 aliphatic rings. The second kappa shape index (κ2) is 5.19. The van der Waals surface area contributed by atoms with Gasteiger partial charge < -0.3 is 15.5 Å². The Labute approximate surface area is 79.7 Å². The van der Waals surface area contributed by atoms with E-state index in [4.69, 9.17) is 0 Å². The van der Waals surface area contributed by atoms with Crippen LogP contribution >= 0.6 is 0 Å². The first-order valence-electron chi connectivity index (χ1n) is 4.81. The average molecular weight is 185 g/mol. The Balaban J connectivity index is 2.29. The van der Waals surface area contributed by atoms with Crippen molar-refractivity contribution in [3.63, 3.8) is 0 Å². The van der Waals surface area contributed by atoms with Gasteiger partial charge in [0.1, 0.15) is 0 Å². The zero-order valence-electron chi connectivity index (χ0n) is 8.47. The normalized spacial score (nSPS) is 19.5. The smallest absolute Gasteiger partial charge is 0.222 e. The van der Waals surface area contributed by atoms with Crippen LogP contribution in [0.1, 0.15) is 6.42 Å². The van der Waals surface area contributed by atoms with Crippen molar-refractivity contribution in [2.75, 3.05) is 40.3 Å². The molecule has 0 radical (unpaired) electrons. The molecule has 0 aromatic heterocycles. The van der Waals surface area contributed by atoms with E-state index in [2.05, 4.69) is 10.6 Å². The van der Waals surface area contributed by atoms with Gasteiger partial charge in [0, 0.05) is 33.6 Å². The molecule has 0 aromatic carbocycles. The molecular weight excluding hydrogens is 166 g/mol. The number of hydrogen-bond donors (Lipinski definition) is 2. The van der Waals surface area contributed by atoms with E-state index >= 15 is 0 Å². The van der Waals surface area contributed by atoms with Gasteiger partial charge in [0.2, 0.25) is 5.91 Å². The third-order valence-corrected chi connectivity index (χ3v) is 2.31.